The highest BCUT2D eigenvalue weighted by molar-refractivity contribution is 5.79. The number of aromatic nitrogens is 5. The van der Waals surface area contributed by atoms with Crippen molar-refractivity contribution >= 4 is 0 Å². The summed E-state index contributed by atoms with van der Waals surface area (Å²) in [7, 11) is 0. The van der Waals surface area contributed by atoms with Gasteiger partial charge in [-0.15, -0.1) is 0 Å². The predicted octanol–water partition coefficient (Wildman–Crippen LogP) is 13.7. The minimum Gasteiger partial charge on any atom is -0.228 e. The molecule has 0 bridgehead atoms. The Morgan fingerprint density at radius 3 is 0.933 bits per heavy atom. The van der Waals surface area contributed by atoms with Gasteiger partial charge in [0.25, 0.3) is 0 Å². The number of rotatable bonds is 9. The maximum Gasteiger partial charge on any atom is 0.164 e. The number of hydrogen-bond acceptors (Lipinski definition) is 5. The summed E-state index contributed by atoms with van der Waals surface area (Å²) in [6, 6.07) is 77.0. The zero-order valence-corrected chi connectivity index (χ0v) is 32.6. The van der Waals surface area contributed by atoms with E-state index in [-0.39, 0.29) is 0 Å². The Hall–Kier alpha value is -8.15. The van der Waals surface area contributed by atoms with Crippen molar-refractivity contribution in [2.45, 2.75) is 0 Å². The summed E-state index contributed by atoms with van der Waals surface area (Å²) < 4.78 is 0. The lowest BCUT2D eigenvalue weighted by Crippen LogP contribution is -2.00. The molecule has 0 N–H and O–H groups in total. The van der Waals surface area contributed by atoms with Crippen LogP contribution in [0.15, 0.2) is 224 Å². The van der Waals surface area contributed by atoms with Gasteiger partial charge in [0, 0.05) is 33.4 Å². The van der Waals surface area contributed by atoms with Crippen molar-refractivity contribution < 1.29 is 0 Å². The van der Waals surface area contributed by atoms with Crippen LogP contribution in [0, 0.1) is 0 Å². The van der Waals surface area contributed by atoms with E-state index in [9.17, 15) is 0 Å². The average Bonchev–Trinajstić information content (AvgIpc) is 3.35. The first-order valence-electron chi connectivity index (χ1n) is 20.0. The molecule has 0 unspecified atom stereocenters. The molecule has 10 rings (SSSR count). The van der Waals surface area contributed by atoms with E-state index >= 15 is 0 Å². The summed E-state index contributed by atoms with van der Waals surface area (Å²) in [5.41, 5.74) is 14.1. The lowest BCUT2D eigenvalue weighted by Gasteiger charge is -2.12. The zero-order chi connectivity index (χ0) is 40.1. The molecule has 0 spiro atoms. The fourth-order valence-electron chi connectivity index (χ4n) is 7.41. The van der Waals surface area contributed by atoms with Crippen LogP contribution in [-0.2, 0) is 0 Å². The number of nitrogens with zero attached hydrogens (tertiary/aromatic N) is 5. The van der Waals surface area contributed by atoms with Crippen molar-refractivity contribution in [2.24, 2.45) is 0 Å². The van der Waals surface area contributed by atoms with Gasteiger partial charge in [-0.05, 0) is 51.6 Å². The molecule has 2 heterocycles. The third-order valence-electron chi connectivity index (χ3n) is 10.6. The second kappa shape index (κ2) is 16.4. The predicted molar refractivity (Wildman–Crippen MR) is 244 cm³/mol. The van der Waals surface area contributed by atoms with Gasteiger partial charge in [0.1, 0.15) is 0 Å². The van der Waals surface area contributed by atoms with E-state index in [4.69, 9.17) is 24.9 Å². The molecule has 0 saturated heterocycles. The molecular formula is C55H37N5. The SMILES string of the molecule is c1ccc(-c2ccc(-c3nc(-c4ccc(-c5ccccc5)cc4)nc(-c4cccc(-c5cccc(-c6cc(-c7ccccc7)nc(-c7ccccc7)n6)c5)c4)n3)cc2)cc1. The van der Waals surface area contributed by atoms with Crippen LogP contribution in [0.5, 0.6) is 0 Å². The maximum absolute atomic E-state index is 5.10. The minimum atomic E-state index is 0.600. The van der Waals surface area contributed by atoms with Crippen LogP contribution in [0.2, 0.25) is 0 Å². The van der Waals surface area contributed by atoms with Crippen molar-refractivity contribution in [2.75, 3.05) is 0 Å². The Labute approximate surface area is 349 Å². The zero-order valence-electron chi connectivity index (χ0n) is 32.6. The van der Waals surface area contributed by atoms with Gasteiger partial charge in [-0.1, -0.05) is 206 Å². The Balaban J connectivity index is 1.04. The summed E-state index contributed by atoms with van der Waals surface area (Å²) in [5, 5.41) is 0. The second-order valence-corrected chi connectivity index (χ2v) is 14.5. The van der Waals surface area contributed by atoms with E-state index in [0.29, 0.717) is 23.3 Å². The fourth-order valence-corrected chi connectivity index (χ4v) is 7.41. The van der Waals surface area contributed by atoms with Crippen LogP contribution < -0.4 is 0 Å². The molecule has 0 saturated carbocycles. The largest absolute Gasteiger partial charge is 0.228 e. The highest BCUT2D eigenvalue weighted by atomic mass is 15.0. The van der Waals surface area contributed by atoms with Gasteiger partial charge < -0.3 is 0 Å². The summed E-state index contributed by atoms with van der Waals surface area (Å²) >= 11 is 0. The molecule has 60 heavy (non-hydrogen) atoms. The molecule has 2 aromatic heterocycles. The number of hydrogen-bond donors (Lipinski definition) is 0. The summed E-state index contributed by atoms with van der Waals surface area (Å²) in [6.45, 7) is 0. The first kappa shape index (κ1) is 36.2. The molecule has 5 heteroatoms. The van der Waals surface area contributed by atoms with Gasteiger partial charge in [-0.3, -0.25) is 0 Å². The molecule has 0 radical (unpaired) electrons. The summed E-state index contributed by atoms with van der Waals surface area (Å²) in [6.07, 6.45) is 0. The van der Waals surface area contributed by atoms with Gasteiger partial charge >= 0.3 is 0 Å². The van der Waals surface area contributed by atoms with Crippen LogP contribution in [0.25, 0.3) is 101 Å². The first-order chi connectivity index (χ1) is 29.7. The fraction of sp³-hybridized carbons (Fsp3) is 0. The molecule has 0 aliphatic heterocycles. The van der Waals surface area contributed by atoms with Crippen molar-refractivity contribution in [3.05, 3.63) is 224 Å². The van der Waals surface area contributed by atoms with Crippen LogP contribution in [0.1, 0.15) is 0 Å². The van der Waals surface area contributed by atoms with E-state index < -0.39 is 0 Å². The highest BCUT2D eigenvalue weighted by Crippen LogP contribution is 2.33. The molecule has 0 aliphatic rings. The molecule has 282 valence electrons. The van der Waals surface area contributed by atoms with Gasteiger partial charge in [-0.2, -0.15) is 0 Å². The van der Waals surface area contributed by atoms with Crippen LogP contribution >= 0.6 is 0 Å². The smallest absolute Gasteiger partial charge is 0.164 e. The average molecular weight is 768 g/mol. The Kier molecular flexibility index (Phi) is 9.88. The van der Waals surface area contributed by atoms with Crippen LogP contribution in [0.4, 0.5) is 0 Å². The van der Waals surface area contributed by atoms with Crippen molar-refractivity contribution in [3.8, 4) is 101 Å². The molecule has 0 fully saturated rings. The standard InChI is InChI=1S/C55H37N5/c1-5-15-38(16-6-1)40-27-31-44(32-28-40)53-58-54(45-33-29-41(30-34-45)39-17-7-2-8-18-39)60-55(59-53)49-26-14-24-47(36-49)46-23-13-25-48(35-46)51-37-50(42-19-9-3-10-20-42)56-52(57-51)43-21-11-4-12-22-43/h1-37H. The molecule has 8 aromatic carbocycles. The minimum absolute atomic E-state index is 0.600. The monoisotopic (exact) mass is 767 g/mol. The lowest BCUT2D eigenvalue weighted by molar-refractivity contribution is 1.07. The van der Waals surface area contributed by atoms with Crippen molar-refractivity contribution in [1.29, 1.82) is 0 Å². The van der Waals surface area contributed by atoms with E-state index in [1.807, 2.05) is 60.7 Å². The normalized spacial score (nSPS) is 11.0. The maximum atomic E-state index is 5.10. The Morgan fingerprint density at radius 1 is 0.167 bits per heavy atom. The third kappa shape index (κ3) is 7.76. The van der Waals surface area contributed by atoms with Gasteiger partial charge in [-0.25, -0.2) is 24.9 Å². The van der Waals surface area contributed by atoms with Crippen molar-refractivity contribution in [1.82, 2.24) is 24.9 Å². The summed E-state index contributed by atoms with van der Waals surface area (Å²) in [5.74, 6) is 2.51. The molecule has 0 amide bonds. The summed E-state index contributed by atoms with van der Waals surface area (Å²) in [4.78, 5) is 25.3. The van der Waals surface area contributed by atoms with Crippen molar-refractivity contribution in [3.63, 3.8) is 0 Å². The number of benzene rings is 8. The topological polar surface area (TPSA) is 64.5 Å². The lowest BCUT2D eigenvalue weighted by atomic mass is 9.99. The molecule has 0 aliphatic carbocycles. The quantitative estimate of drug-likeness (QED) is 0.146. The molecule has 10 aromatic rings. The Morgan fingerprint density at radius 2 is 0.450 bits per heavy atom. The Bertz CT molecular complexity index is 2880. The van der Waals surface area contributed by atoms with E-state index in [1.54, 1.807) is 0 Å². The molecule has 0 atom stereocenters. The van der Waals surface area contributed by atoms with Gasteiger partial charge in [0.05, 0.1) is 11.4 Å². The second-order valence-electron chi connectivity index (χ2n) is 14.5. The molecular weight excluding hydrogens is 731 g/mol. The van der Waals surface area contributed by atoms with Gasteiger partial charge in [0.15, 0.2) is 23.3 Å². The van der Waals surface area contributed by atoms with E-state index in [0.717, 1.165) is 78.1 Å². The van der Waals surface area contributed by atoms with Crippen LogP contribution in [-0.4, -0.2) is 24.9 Å². The van der Waals surface area contributed by atoms with Crippen LogP contribution in [0.3, 0.4) is 0 Å². The first-order valence-corrected chi connectivity index (χ1v) is 20.0. The van der Waals surface area contributed by atoms with Gasteiger partial charge in [0.2, 0.25) is 0 Å². The third-order valence-corrected chi connectivity index (χ3v) is 10.6. The van der Waals surface area contributed by atoms with E-state index in [2.05, 4.69) is 164 Å². The molecule has 5 nitrogen and oxygen atoms in total. The highest BCUT2D eigenvalue weighted by Gasteiger charge is 2.15. The van der Waals surface area contributed by atoms with E-state index in [1.165, 1.54) is 0 Å².